The Kier molecular flexibility index (Phi) is 6.05. The van der Waals surface area contributed by atoms with Gasteiger partial charge in [-0.1, -0.05) is 24.3 Å². The molecular formula is C30H30N6. The molecule has 0 bridgehead atoms. The van der Waals surface area contributed by atoms with Crippen LogP contribution in [0.5, 0.6) is 0 Å². The molecule has 0 radical (unpaired) electrons. The van der Waals surface area contributed by atoms with Crippen molar-refractivity contribution in [1.29, 1.82) is 0 Å². The fourth-order valence-electron chi connectivity index (χ4n) is 4.95. The average molecular weight is 475 g/mol. The van der Waals surface area contributed by atoms with Crippen molar-refractivity contribution in [1.82, 2.24) is 29.7 Å². The first-order valence-electron chi connectivity index (χ1n) is 12.5. The van der Waals surface area contributed by atoms with Crippen molar-refractivity contribution in [3.05, 3.63) is 90.5 Å². The quantitative estimate of drug-likeness (QED) is 0.369. The highest BCUT2D eigenvalue weighted by molar-refractivity contribution is 5.95. The first kappa shape index (κ1) is 22.6. The van der Waals surface area contributed by atoms with Gasteiger partial charge in [-0.2, -0.15) is 0 Å². The van der Waals surface area contributed by atoms with Crippen molar-refractivity contribution in [2.24, 2.45) is 0 Å². The van der Waals surface area contributed by atoms with Gasteiger partial charge in [0.25, 0.3) is 0 Å². The molecule has 36 heavy (non-hydrogen) atoms. The molecule has 6 heteroatoms. The average Bonchev–Trinajstić information content (AvgIpc) is 3.39. The van der Waals surface area contributed by atoms with Crippen LogP contribution in [0.4, 0.5) is 0 Å². The molecule has 5 aromatic rings. The van der Waals surface area contributed by atoms with Gasteiger partial charge < -0.3 is 9.88 Å². The van der Waals surface area contributed by atoms with E-state index in [9.17, 15) is 0 Å². The molecule has 0 saturated carbocycles. The van der Waals surface area contributed by atoms with Crippen LogP contribution in [-0.4, -0.2) is 63.0 Å². The van der Waals surface area contributed by atoms with Gasteiger partial charge in [-0.15, -0.1) is 0 Å². The molecule has 180 valence electrons. The Balaban J connectivity index is 1.35. The number of benzene rings is 1. The normalized spacial score (nSPS) is 14.9. The summed E-state index contributed by atoms with van der Waals surface area (Å²) in [5.41, 5.74) is 9.36. The Morgan fingerprint density at radius 3 is 2.50 bits per heavy atom. The van der Waals surface area contributed by atoms with Crippen LogP contribution in [0.1, 0.15) is 11.3 Å². The number of aromatic amines is 1. The van der Waals surface area contributed by atoms with E-state index in [1.807, 2.05) is 43.7 Å². The molecular weight excluding hydrogens is 444 g/mol. The van der Waals surface area contributed by atoms with Crippen LogP contribution in [0, 0.1) is 6.92 Å². The van der Waals surface area contributed by atoms with Gasteiger partial charge >= 0.3 is 0 Å². The summed E-state index contributed by atoms with van der Waals surface area (Å²) < 4.78 is 0. The number of H-pyrrole nitrogens is 1. The highest BCUT2D eigenvalue weighted by Crippen LogP contribution is 2.33. The van der Waals surface area contributed by atoms with Gasteiger partial charge in [0, 0.05) is 73.5 Å². The zero-order valence-corrected chi connectivity index (χ0v) is 20.8. The minimum Gasteiger partial charge on any atom is -0.346 e. The molecule has 0 unspecified atom stereocenters. The summed E-state index contributed by atoms with van der Waals surface area (Å²) in [6.45, 7) is 7.48. The van der Waals surface area contributed by atoms with Gasteiger partial charge in [0.05, 0.1) is 11.4 Å². The number of nitrogens with one attached hydrogen (secondary N) is 1. The second-order valence-electron chi connectivity index (χ2n) is 9.70. The van der Waals surface area contributed by atoms with Crippen molar-refractivity contribution < 1.29 is 0 Å². The van der Waals surface area contributed by atoms with Crippen molar-refractivity contribution in [3.8, 4) is 33.6 Å². The zero-order chi connectivity index (χ0) is 24.5. The van der Waals surface area contributed by atoms with Gasteiger partial charge in [-0.25, -0.2) is 4.98 Å². The monoisotopic (exact) mass is 474 g/mol. The van der Waals surface area contributed by atoms with Gasteiger partial charge in [-0.3, -0.25) is 14.9 Å². The van der Waals surface area contributed by atoms with E-state index in [1.165, 1.54) is 11.1 Å². The van der Waals surface area contributed by atoms with Crippen LogP contribution in [-0.2, 0) is 6.54 Å². The summed E-state index contributed by atoms with van der Waals surface area (Å²) in [7, 11) is 2.20. The first-order chi connectivity index (χ1) is 17.6. The molecule has 0 aliphatic carbocycles. The Bertz CT molecular complexity index is 1510. The number of hydrogen-bond donors (Lipinski definition) is 1. The number of aryl methyl sites for hydroxylation is 1. The van der Waals surface area contributed by atoms with Crippen LogP contribution >= 0.6 is 0 Å². The largest absolute Gasteiger partial charge is 0.346 e. The number of fused-ring (bicyclic) bond motifs is 1. The fraction of sp³-hybridized carbons (Fsp3) is 0.233. The zero-order valence-electron chi connectivity index (χ0n) is 20.8. The minimum absolute atomic E-state index is 0.850. The lowest BCUT2D eigenvalue weighted by molar-refractivity contribution is 0.148. The van der Waals surface area contributed by atoms with Gasteiger partial charge in [0.1, 0.15) is 5.65 Å². The van der Waals surface area contributed by atoms with Crippen LogP contribution in [0.2, 0.25) is 0 Å². The standard InChI is InChI=1S/C30H30N6/c1-21-5-3-8-28(33-21)29-17-27(26-9-10-32-30(26)34-29)25-16-24(18-31-19-25)23-7-4-6-22(15-23)20-36-13-11-35(2)12-14-36/h3-10,15-19H,11-14,20H2,1-2H3,(H,32,34). The molecule has 4 aromatic heterocycles. The van der Waals surface area contributed by atoms with Gasteiger partial charge in [-0.05, 0) is 67.1 Å². The Labute approximate surface area is 211 Å². The van der Waals surface area contributed by atoms with Crippen LogP contribution in [0.25, 0.3) is 44.7 Å². The van der Waals surface area contributed by atoms with E-state index in [2.05, 4.69) is 69.3 Å². The molecule has 0 atom stereocenters. The van der Waals surface area contributed by atoms with Crippen LogP contribution < -0.4 is 0 Å². The molecule has 0 spiro atoms. The smallest absolute Gasteiger partial charge is 0.138 e. The number of hydrogen-bond acceptors (Lipinski definition) is 5. The molecule has 1 aliphatic rings. The van der Waals surface area contributed by atoms with Crippen molar-refractivity contribution in [2.45, 2.75) is 13.5 Å². The topological polar surface area (TPSA) is 60.9 Å². The maximum Gasteiger partial charge on any atom is 0.138 e. The predicted octanol–water partition coefficient (Wildman–Crippen LogP) is 5.41. The maximum atomic E-state index is 4.84. The van der Waals surface area contributed by atoms with E-state index < -0.39 is 0 Å². The molecule has 5 heterocycles. The van der Waals surface area contributed by atoms with Crippen LogP contribution in [0.15, 0.2) is 79.3 Å². The minimum atomic E-state index is 0.850. The van der Waals surface area contributed by atoms with E-state index in [-0.39, 0.29) is 0 Å². The maximum absolute atomic E-state index is 4.84. The molecule has 6 nitrogen and oxygen atoms in total. The van der Waals surface area contributed by atoms with E-state index in [1.54, 1.807) is 0 Å². The van der Waals surface area contributed by atoms with Crippen LogP contribution in [0.3, 0.4) is 0 Å². The van der Waals surface area contributed by atoms with E-state index in [0.29, 0.717) is 0 Å². The molecule has 0 amide bonds. The van der Waals surface area contributed by atoms with E-state index >= 15 is 0 Å². The third-order valence-corrected chi connectivity index (χ3v) is 6.99. The number of aromatic nitrogens is 4. The highest BCUT2D eigenvalue weighted by Gasteiger charge is 2.15. The summed E-state index contributed by atoms with van der Waals surface area (Å²) in [6, 6.07) is 21.3. The molecule has 6 rings (SSSR count). The molecule has 1 N–H and O–H groups in total. The molecule has 1 saturated heterocycles. The second-order valence-corrected chi connectivity index (χ2v) is 9.70. The van der Waals surface area contributed by atoms with E-state index in [0.717, 1.165) is 77.5 Å². The lowest BCUT2D eigenvalue weighted by Gasteiger charge is -2.32. The summed E-state index contributed by atoms with van der Waals surface area (Å²) in [5, 5.41) is 1.08. The molecule has 1 fully saturated rings. The van der Waals surface area contributed by atoms with Gasteiger partial charge in [0.15, 0.2) is 0 Å². The lowest BCUT2D eigenvalue weighted by Crippen LogP contribution is -2.43. The number of nitrogens with zero attached hydrogens (tertiary/aromatic N) is 5. The summed E-state index contributed by atoms with van der Waals surface area (Å²) in [4.78, 5) is 22.4. The SMILES string of the molecule is Cc1cccc(-c2cc(-c3cncc(-c4cccc(CN5CCN(C)CC5)c4)c3)c3cc[nH]c3n2)n1. The number of rotatable bonds is 5. The van der Waals surface area contributed by atoms with Gasteiger partial charge in [0.2, 0.25) is 0 Å². The lowest BCUT2D eigenvalue weighted by atomic mass is 9.98. The number of likely N-dealkylation sites (N-methyl/N-ethyl adjacent to an activating group) is 1. The third-order valence-electron chi connectivity index (χ3n) is 6.99. The Hall–Kier alpha value is -3.87. The third kappa shape index (κ3) is 4.65. The van der Waals surface area contributed by atoms with Crippen molar-refractivity contribution in [2.75, 3.05) is 33.2 Å². The first-order valence-corrected chi connectivity index (χ1v) is 12.5. The highest BCUT2D eigenvalue weighted by atomic mass is 15.2. The van der Waals surface area contributed by atoms with Crippen molar-refractivity contribution >= 4 is 11.0 Å². The van der Waals surface area contributed by atoms with E-state index in [4.69, 9.17) is 9.97 Å². The molecule has 1 aromatic carbocycles. The second kappa shape index (κ2) is 9.64. The Morgan fingerprint density at radius 2 is 1.64 bits per heavy atom. The summed E-state index contributed by atoms with van der Waals surface area (Å²) in [5.74, 6) is 0. The Morgan fingerprint density at radius 1 is 0.806 bits per heavy atom. The number of piperazine rings is 1. The predicted molar refractivity (Wildman–Crippen MR) is 146 cm³/mol. The summed E-state index contributed by atoms with van der Waals surface area (Å²) >= 11 is 0. The number of pyridine rings is 3. The summed E-state index contributed by atoms with van der Waals surface area (Å²) in [6.07, 6.45) is 5.83. The molecule has 1 aliphatic heterocycles. The van der Waals surface area contributed by atoms with Crippen molar-refractivity contribution in [3.63, 3.8) is 0 Å². The fourth-order valence-corrected chi connectivity index (χ4v) is 4.95.